The smallest absolute Gasteiger partial charge is 0.141 e. The standard InChI is InChI=1S/C27H44O5/c1-16(22(29)9-10-24(2,3)31)18-8-13-27(32)20-15-23(30)21-14-17(28)6-11-25(21,4)19(20)7-12-26(18,27)5/h16-18,21-22,28-29,31-32H,6-15H2,1-5H3/t16-,17-,18+,21-,22-,25+,26+,27+/m0/s1. The zero-order chi connectivity index (χ0) is 23.7. The first-order valence-electron chi connectivity index (χ1n) is 12.8. The minimum absolute atomic E-state index is 0.0194. The van der Waals surface area contributed by atoms with E-state index >= 15 is 0 Å². The maximum absolute atomic E-state index is 13.3. The predicted octanol–water partition coefficient (Wildman–Crippen LogP) is 3.91. The van der Waals surface area contributed by atoms with Crippen LogP contribution in [0.2, 0.25) is 0 Å². The van der Waals surface area contributed by atoms with Crippen molar-refractivity contribution in [3.05, 3.63) is 11.1 Å². The van der Waals surface area contributed by atoms with Crippen molar-refractivity contribution in [2.45, 2.75) is 122 Å². The molecule has 0 heterocycles. The number of carbonyl (C=O) groups excluding carboxylic acids is 1. The summed E-state index contributed by atoms with van der Waals surface area (Å²) < 4.78 is 0. The lowest BCUT2D eigenvalue weighted by Gasteiger charge is -2.57. The second-order valence-corrected chi connectivity index (χ2v) is 12.7. The van der Waals surface area contributed by atoms with Gasteiger partial charge >= 0.3 is 0 Å². The Morgan fingerprint density at radius 2 is 1.81 bits per heavy atom. The summed E-state index contributed by atoms with van der Waals surface area (Å²) in [6.07, 6.45) is 5.84. The summed E-state index contributed by atoms with van der Waals surface area (Å²) in [5.74, 6) is 0.250. The highest BCUT2D eigenvalue weighted by Gasteiger charge is 2.64. The van der Waals surface area contributed by atoms with Crippen molar-refractivity contribution < 1.29 is 25.2 Å². The van der Waals surface area contributed by atoms with Gasteiger partial charge in [-0.15, -0.1) is 0 Å². The average molecular weight is 449 g/mol. The molecule has 2 fully saturated rings. The lowest BCUT2D eigenvalue weighted by Crippen LogP contribution is -2.56. The van der Waals surface area contributed by atoms with E-state index in [1.165, 1.54) is 5.57 Å². The van der Waals surface area contributed by atoms with Crippen molar-refractivity contribution in [2.24, 2.45) is 28.6 Å². The number of carbonyl (C=O) groups is 1. The summed E-state index contributed by atoms with van der Waals surface area (Å²) in [5, 5.41) is 43.4. The Labute approximate surface area is 193 Å². The molecule has 4 aliphatic carbocycles. The maximum Gasteiger partial charge on any atom is 0.141 e. The normalized spacial score (nSPS) is 44.0. The van der Waals surface area contributed by atoms with Crippen molar-refractivity contribution in [1.29, 1.82) is 0 Å². The van der Waals surface area contributed by atoms with Gasteiger partial charge in [0, 0.05) is 17.8 Å². The van der Waals surface area contributed by atoms with E-state index in [9.17, 15) is 25.2 Å². The minimum Gasteiger partial charge on any atom is -0.393 e. The van der Waals surface area contributed by atoms with Crippen molar-refractivity contribution in [3.63, 3.8) is 0 Å². The van der Waals surface area contributed by atoms with E-state index in [1.807, 2.05) is 0 Å². The summed E-state index contributed by atoms with van der Waals surface area (Å²) in [4.78, 5) is 13.3. The van der Waals surface area contributed by atoms with Gasteiger partial charge in [-0.25, -0.2) is 0 Å². The minimum atomic E-state index is -0.991. The number of hydrogen-bond donors (Lipinski definition) is 4. The molecule has 2 saturated carbocycles. The van der Waals surface area contributed by atoms with E-state index in [0.29, 0.717) is 32.1 Å². The summed E-state index contributed by atoms with van der Waals surface area (Å²) in [5.41, 5.74) is -0.116. The molecule has 4 rings (SSSR count). The van der Waals surface area contributed by atoms with Gasteiger partial charge in [-0.3, -0.25) is 4.79 Å². The van der Waals surface area contributed by atoms with Gasteiger partial charge in [-0.1, -0.05) is 26.3 Å². The lowest BCUT2D eigenvalue weighted by atomic mass is 9.49. The molecule has 0 aliphatic heterocycles. The topological polar surface area (TPSA) is 98.0 Å². The second-order valence-electron chi connectivity index (χ2n) is 12.7. The van der Waals surface area contributed by atoms with E-state index in [1.54, 1.807) is 13.8 Å². The molecule has 4 aliphatic rings. The SMILES string of the molecule is C[C@@H]([C@H]1CC[C@@]2(O)C3=C(CC[C@]12C)[C@@]1(C)CC[C@H](O)C[C@H]1C(=O)C3)[C@@H](O)CCC(C)(C)O. The van der Waals surface area contributed by atoms with E-state index in [2.05, 4.69) is 20.8 Å². The summed E-state index contributed by atoms with van der Waals surface area (Å²) in [7, 11) is 0. The van der Waals surface area contributed by atoms with Crippen LogP contribution in [0.1, 0.15) is 98.8 Å². The molecule has 32 heavy (non-hydrogen) atoms. The molecule has 8 atom stereocenters. The second kappa shape index (κ2) is 7.90. The molecular weight excluding hydrogens is 404 g/mol. The van der Waals surface area contributed by atoms with Crippen LogP contribution in [0.25, 0.3) is 0 Å². The number of hydrogen-bond acceptors (Lipinski definition) is 5. The molecule has 0 aromatic carbocycles. The molecule has 0 radical (unpaired) electrons. The van der Waals surface area contributed by atoms with Crippen LogP contribution in [-0.2, 0) is 4.79 Å². The van der Waals surface area contributed by atoms with Gasteiger partial charge in [0.25, 0.3) is 0 Å². The predicted molar refractivity (Wildman–Crippen MR) is 124 cm³/mol. The zero-order valence-corrected chi connectivity index (χ0v) is 20.7. The molecule has 4 N–H and O–H groups in total. The number of rotatable bonds is 5. The fourth-order valence-corrected chi connectivity index (χ4v) is 8.14. The molecular formula is C27H44O5. The van der Waals surface area contributed by atoms with Gasteiger partial charge in [0.2, 0.25) is 0 Å². The molecule has 0 unspecified atom stereocenters. The van der Waals surface area contributed by atoms with Gasteiger partial charge < -0.3 is 20.4 Å². The van der Waals surface area contributed by atoms with Crippen LogP contribution >= 0.6 is 0 Å². The Morgan fingerprint density at radius 3 is 2.47 bits per heavy atom. The van der Waals surface area contributed by atoms with Gasteiger partial charge in [-0.05, 0) is 94.5 Å². The number of Topliss-reactive ketones (excluding diaryl/α,β-unsaturated/α-hetero) is 1. The Balaban J connectivity index is 1.63. The van der Waals surface area contributed by atoms with Crippen LogP contribution in [0.3, 0.4) is 0 Å². The van der Waals surface area contributed by atoms with Crippen LogP contribution in [0.15, 0.2) is 11.1 Å². The first-order valence-corrected chi connectivity index (χ1v) is 12.8. The average Bonchev–Trinajstić information content (AvgIpc) is 2.98. The highest BCUT2D eigenvalue weighted by atomic mass is 16.3. The quantitative estimate of drug-likeness (QED) is 0.478. The molecule has 182 valence electrons. The van der Waals surface area contributed by atoms with Gasteiger partial charge in [0.15, 0.2) is 0 Å². The van der Waals surface area contributed by atoms with Crippen molar-refractivity contribution >= 4 is 5.78 Å². The Morgan fingerprint density at radius 1 is 1.12 bits per heavy atom. The molecule has 0 amide bonds. The number of ketones is 1. The van der Waals surface area contributed by atoms with E-state index in [0.717, 1.165) is 37.7 Å². The molecule has 0 aromatic heterocycles. The molecule has 5 heteroatoms. The number of aliphatic hydroxyl groups is 4. The summed E-state index contributed by atoms with van der Waals surface area (Å²) >= 11 is 0. The third-order valence-corrected chi connectivity index (χ3v) is 10.3. The zero-order valence-electron chi connectivity index (χ0n) is 20.7. The number of fused-ring (bicyclic) bond motifs is 4. The van der Waals surface area contributed by atoms with Crippen LogP contribution in [0, 0.1) is 28.6 Å². The van der Waals surface area contributed by atoms with Crippen LogP contribution < -0.4 is 0 Å². The van der Waals surface area contributed by atoms with Crippen molar-refractivity contribution in [3.8, 4) is 0 Å². The maximum atomic E-state index is 13.3. The third kappa shape index (κ3) is 3.62. The fraction of sp³-hybridized carbons (Fsp3) is 0.889. The molecule has 0 aromatic rings. The number of allylic oxidation sites excluding steroid dienone is 1. The van der Waals surface area contributed by atoms with Crippen LogP contribution in [-0.4, -0.2) is 49.6 Å². The van der Waals surface area contributed by atoms with Gasteiger partial charge in [0.1, 0.15) is 5.78 Å². The van der Waals surface area contributed by atoms with E-state index in [-0.39, 0.29) is 34.4 Å². The van der Waals surface area contributed by atoms with Crippen LogP contribution in [0.4, 0.5) is 0 Å². The first kappa shape index (κ1) is 24.4. The van der Waals surface area contributed by atoms with E-state index in [4.69, 9.17) is 0 Å². The molecule has 0 saturated heterocycles. The highest BCUT2D eigenvalue weighted by molar-refractivity contribution is 5.87. The van der Waals surface area contributed by atoms with Crippen molar-refractivity contribution in [1.82, 2.24) is 0 Å². The van der Waals surface area contributed by atoms with Gasteiger partial charge in [0.05, 0.1) is 23.4 Å². The molecule has 5 nitrogen and oxygen atoms in total. The third-order valence-electron chi connectivity index (χ3n) is 10.3. The molecule has 0 spiro atoms. The summed E-state index contributed by atoms with van der Waals surface area (Å²) in [6, 6.07) is 0. The van der Waals surface area contributed by atoms with Gasteiger partial charge in [-0.2, -0.15) is 0 Å². The first-order chi connectivity index (χ1) is 14.7. The molecule has 0 bridgehead atoms. The summed E-state index contributed by atoms with van der Waals surface area (Å²) in [6.45, 7) is 10.0. The largest absolute Gasteiger partial charge is 0.393 e. The monoisotopic (exact) mass is 448 g/mol. The fourth-order valence-electron chi connectivity index (χ4n) is 8.14. The van der Waals surface area contributed by atoms with Crippen LogP contribution in [0.5, 0.6) is 0 Å². The Hall–Kier alpha value is -0.750. The van der Waals surface area contributed by atoms with Crippen molar-refractivity contribution in [2.75, 3.05) is 0 Å². The van der Waals surface area contributed by atoms with E-state index < -0.39 is 23.4 Å². The Bertz CT molecular complexity index is 796. The Kier molecular flexibility index (Phi) is 6.02. The lowest BCUT2D eigenvalue weighted by molar-refractivity contribution is -0.135. The highest BCUT2D eigenvalue weighted by Crippen LogP contribution is 2.67. The number of aliphatic hydroxyl groups excluding tert-OH is 2.